The average molecular weight is 370 g/mol. The highest BCUT2D eigenvalue weighted by Crippen LogP contribution is 2.33. The third kappa shape index (κ3) is 5.67. The number of carbonyl (C=O) groups is 1. The molecule has 1 aromatic carbocycles. The van der Waals surface area contributed by atoms with Crippen molar-refractivity contribution in [3.63, 3.8) is 0 Å². The predicted octanol–water partition coefficient (Wildman–Crippen LogP) is 4.93. The van der Waals surface area contributed by atoms with Gasteiger partial charge in [0, 0.05) is 24.8 Å². The molecule has 1 aliphatic rings. The summed E-state index contributed by atoms with van der Waals surface area (Å²) in [5.74, 6) is 1.09. The summed E-state index contributed by atoms with van der Waals surface area (Å²) in [7, 11) is 0. The summed E-state index contributed by atoms with van der Waals surface area (Å²) >= 11 is 0. The lowest BCUT2D eigenvalue weighted by Crippen LogP contribution is -2.25. The number of nitrogens with zero attached hydrogens (tertiary/aromatic N) is 1. The van der Waals surface area contributed by atoms with Crippen LogP contribution in [0.1, 0.15) is 74.3 Å². The van der Waals surface area contributed by atoms with Gasteiger partial charge >= 0.3 is 0 Å². The molecule has 2 aromatic rings. The van der Waals surface area contributed by atoms with Gasteiger partial charge in [0.15, 0.2) is 11.5 Å². The van der Waals surface area contributed by atoms with Gasteiger partial charge in [-0.15, -0.1) is 0 Å². The van der Waals surface area contributed by atoms with E-state index < -0.39 is 0 Å². The molecule has 5 heteroatoms. The van der Waals surface area contributed by atoms with Crippen molar-refractivity contribution in [3.8, 4) is 11.3 Å². The van der Waals surface area contributed by atoms with E-state index in [0.717, 1.165) is 12.0 Å². The molecule has 0 spiro atoms. The van der Waals surface area contributed by atoms with E-state index in [2.05, 4.69) is 34.7 Å². The van der Waals surface area contributed by atoms with Gasteiger partial charge in [-0.3, -0.25) is 4.79 Å². The van der Waals surface area contributed by atoms with Crippen molar-refractivity contribution in [2.75, 3.05) is 13.2 Å². The van der Waals surface area contributed by atoms with Crippen molar-refractivity contribution in [1.82, 2.24) is 10.5 Å². The number of hydrogen-bond acceptors (Lipinski definition) is 4. The number of benzene rings is 1. The van der Waals surface area contributed by atoms with E-state index >= 15 is 0 Å². The van der Waals surface area contributed by atoms with Crippen LogP contribution in [0.2, 0.25) is 0 Å². The molecule has 5 nitrogen and oxygen atoms in total. The quantitative estimate of drug-likeness (QED) is 0.669. The Hall–Kier alpha value is -2.14. The van der Waals surface area contributed by atoms with E-state index in [4.69, 9.17) is 9.26 Å². The summed E-state index contributed by atoms with van der Waals surface area (Å²) in [6, 6.07) is 10.2. The van der Waals surface area contributed by atoms with Crippen LogP contribution in [0, 0.1) is 0 Å². The number of hydrogen-bond donors (Lipinski definition) is 1. The second-order valence-corrected chi connectivity index (χ2v) is 7.56. The molecule has 0 saturated heterocycles. The van der Waals surface area contributed by atoms with E-state index in [-0.39, 0.29) is 12.0 Å². The maximum Gasteiger partial charge on any atom is 0.273 e. The molecule has 27 heavy (non-hydrogen) atoms. The summed E-state index contributed by atoms with van der Waals surface area (Å²) < 4.78 is 10.8. The van der Waals surface area contributed by atoms with Crippen LogP contribution in [0.5, 0.6) is 0 Å². The Morgan fingerprint density at radius 2 is 1.96 bits per heavy atom. The lowest BCUT2D eigenvalue weighted by atomic mass is 9.84. The van der Waals surface area contributed by atoms with Gasteiger partial charge in [-0.05, 0) is 44.6 Å². The van der Waals surface area contributed by atoms with Crippen molar-refractivity contribution >= 4 is 5.91 Å². The monoisotopic (exact) mass is 370 g/mol. The molecule has 3 rings (SSSR count). The van der Waals surface area contributed by atoms with E-state index in [9.17, 15) is 4.79 Å². The maximum absolute atomic E-state index is 12.2. The molecule has 1 saturated carbocycles. The molecule has 0 bridgehead atoms. The highest BCUT2D eigenvalue weighted by Gasteiger charge is 2.17. The fourth-order valence-corrected chi connectivity index (χ4v) is 3.56. The Labute approximate surface area is 161 Å². The summed E-state index contributed by atoms with van der Waals surface area (Å²) in [6.45, 7) is 5.19. The molecule has 0 radical (unpaired) electrons. The average Bonchev–Trinajstić information content (AvgIpc) is 3.18. The number of amides is 1. The Balaban J connectivity index is 1.53. The van der Waals surface area contributed by atoms with Crippen LogP contribution in [0.3, 0.4) is 0 Å². The molecule has 0 aliphatic heterocycles. The zero-order chi connectivity index (χ0) is 19.1. The topological polar surface area (TPSA) is 64.4 Å². The van der Waals surface area contributed by atoms with Gasteiger partial charge in [-0.2, -0.15) is 0 Å². The van der Waals surface area contributed by atoms with Crippen LogP contribution in [-0.4, -0.2) is 30.3 Å². The molecule has 0 atom stereocenters. The highest BCUT2D eigenvalue weighted by molar-refractivity contribution is 5.93. The minimum atomic E-state index is -0.214. The van der Waals surface area contributed by atoms with Crippen molar-refractivity contribution in [2.45, 2.75) is 64.4 Å². The zero-order valence-corrected chi connectivity index (χ0v) is 16.4. The Morgan fingerprint density at radius 1 is 1.22 bits per heavy atom. The Morgan fingerprint density at radius 3 is 2.67 bits per heavy atom. The molecule has 1 amide bonds. The maximum atomic E-state index is 12.2. The Bertz CT molecular complexity index is 715. The first-order valence-corrected chi connectivity index (χ1v) is 10.1. The smallest absolute Gasteiger partial charge is 0.273 e. The fourth-order valence-electron chi connectivity index (χ4n) is 3.56. The normalized spacial score (nSPS) is 15.2. The number of rotatable bonds is 8. The molecule has 1 N–H and O–H groups in total. The number of nitrogens with one attached hydrogen (secondary N) is 1. The second-order valence-electron chi connectivity index (χ2n) is 7.56. The van der Waals surface area contributed by atoms with Crippen LogP contribution in [0.15, 0.2) is 34.9 Å². The van der Waals surface area contributed by atoms with Crippen LogP contribution in [0.25, 0.3) is 11.3 Å². The van der Waals surface area contributed by atoms with Crippen molar-refractivity contribution in [2.24, 2.45) is 0 Å². The summed E-state index contributed by atoms with van der Waals surface area (Å²) in [4.78, 5) is 12.2. The molecule has 146 valence electrons. The minimum absolute atomic E-state index is 0.211. The lowest BCUT2D eigenvalue weighted by Gasteiger charge is -2.21. The van der Waals surface area contributed by atoms with E-state index in [1.807, 2.05) is 13.8 Å². The van der Waals surface area contributed by atoms with Crippen LogP contribution in [0.4, 0.5) is 0 Å². The number of carbonyl (C=O) groups excluding carboxylic acids is 1. The molecular formula is C22H30N2O3. The van der Waals surface area contributed by atoms with E-state index in [1.165, 1.54) is 37.7 Å². The van der Waals surface area contributed by atoms with Gasteiger partial charge < -0.3 is 14.6 Å². The predicted molar refractivity (Wildman–Crippen MR) is 106 cm³/mol. The highest BCUT2D eigenvalue weighted by atomic mass is 16.5. The Kier molecular flexibility index (Phi) is 7.04. The van der Waals surface area contributed by atoms with E-state index in [1.54, 1.807) is 6.07 Å². The third-order valence-electron chi connectivity index (χ3n) is 5.07. The van der Waals surface area contributed by atoms with Crippen LogP contribution >= 0.6 is 0 Å². The van der Waals surface area contributed by atoms with Gasteiger partial charge in [0.25, 0.3) is 5.91 Å². The first-order chi connectivity index (χ1) is 13.1. The standard InChI is InChI=1S/C22H30N2O3/c1-16(2)26-14-6-13-23-22(25)20-15-21(27-24-20)19-11-9-18(10-12-19)17-7-4-3-5-8-17/h9-12,15-17H,3-8,13-14H2,1-2H3,(H,23,25). The summed E-state index contributed by atoms with van der Waals surface area (Å²) in [5.41, 5.74) is 2.66. The van der Waals surface area contributed by atoms with Crippen molar-refractivity contribution < 1.29 is 14.1 Å². The van der Waals surface area contributed by atoms with Gasteiger partial charge in [0.2, 0.25) is 0 Å². The van der Waals surface area contributed by atoms with Gasteiger partial charge in [-0.1, -0.05) is 48.7 Å². The molecule has 1 heterocycles. The van der Waals surface area contributed by atoms with Crippen molar-refractivity contribution in [3.05, 3.63) is 41.6 Å². The second kappa shape index (κ2) is 9.70. The zero-order valence-electron chi connectivity index (χ0n) is 16.4. The molecular weight excluding hydrogens is 340 g/mol. The van der Waals surface area contributed by atoms with Crippen LogP contribution < -0.4 is 5.32 Å². The molecule has 1 aromatic heterocycles. The first-order valence-electron chi connectivity index (χ1n) is 10.1. The van der Waals surface area contributed by atoms with Gasteiger partial charge in [0.05, 0.1) is 6.10 Å². The first kappa shape index (κ1) is 19.6. The molecule has 1 aliphatic carbocycles. The fraction of sp³-hybridized carbons (Fsp3) is 0.545. The number of aromatic nitrogens is 1. The van der Waals surface area contributed by atoms with Crippen LogP contribution in [-0.2, 0) is 4.74 Å². The summed E-state index contributed by atoms with van der Waals surface area (Å²) in [6.07, 6.45) is 7.58. The number of ether oxygens (including phenoxy) is 1. The molecule has 0 unspecified atom stereocenters. The third-order valence-corrected chi connectivity index (χ3v) is 5.07. The lowest BCUT2D eigenvalue weighted by molar-refractivity contribution is 0.0756. The largest absolute Gasteiger partial charge is 0.379 e. The molecule has 1 fully saturated rings. The SMILES string of the molecule is CC(C)OCCCNC(=O)c1cc(-c2ccc(C3CCCCC3)cc2)on1. The van der Waals surface area contributed by atoms with E-state index in [0.29, 0.717) is 30.5 Å². The minimum Gasteiger partial charge on any atom is -0.379 e. The van der Waals surface area contributed by atoms with Gasteiger partial charge in [-0.25, -0.2) is 0 Å². The van der Waals surface area contributed by atoms with Gasteiger partial charge in [0.1, 0.15) is 0 Å². The van der Waals surface area contributed by atoms with Crippen molar-refractivity contribution in [1.29, 1.82) is 0 Å². The summed E-state index contributed by atoms with van der Waals surface area (Å²) in [5, 5.41) is 6.76.